The van der Waals surface area contributed by atoms with Crippen LogP contribution in [0.4, 0.5) is 0 Å². The molecule has 0 unspecified atom stereocenters. The van der Waals surface area contributed by atoms with Gasteiger partial charge in [-0.25, -0.2) is 4.79 Å². The zero-order valence-corrected chi connectivity index (χ0v) is 11.1. The third-order valence-corrected chi connectivity index (χ3v) is 3.25. The highest BCUT2D eigenvalue weighted by Gasteiger charge is 2.21. The Labute approximate surface area is 114 Å². The Hall–Kier alpha value is -2.50. The number of pyridine rings is 1. The molecule has 0 atom stereocenters. The molecule has 2 aromatic rings. The molecule has 1 aromatic carbocycles. The first-order chi connectivity index (χ1) is 9.61. The number of ether oxygens (including phenoxy) is 3. The van der Waals surface area contributed by atoms with E-state index < -0.39 is 11.5 Å². The van der Waals surface area contributed by atoms with Gasteiger partial charge in [0.25, 0.3) is 5.56 Å². The molecule has 2 heterocycles. The number of benzene rings is 1. The topological polar surface area (TPSA) is 77.6 Å². The molecule has 1 N–H and O–H groups in total. The van der Waals surface area contributed by atoms with E-state index in [-0.39, 0.29) is 19.0 Å². The SMILES string of the molecule is CCOC(=O)c1c(C)c2cc3c(cc2[nH]c1=O)OCO3. The number of carbonyl (C=O) groups is 1. The van der Waals surface area contributed by atoms with Crippen LogP contribution in [0, 0.1) is 6.92 Å². The fourth-order valence-electron chi connectivity index (χ4n) is 2.29. The Bertz CT molecular complexity index is 762. The van der Waals surface area contributed by atoms with Gasteiger partial charge in [0.1, 0.15) is 5.56 Å². The van der Waals surface area contributed by atoms with Gasteiger partial charge in [-0.1, -0.05) is 0 Å². The molecule has 3 rings (SSSR count). The molecule has 0 aliphatic carbocycles. The van der Waals surface area contributed by atoms with Crippen LogP contribution in [-0.4, -0.2) is 24.4 Å². The molecule has 0 saturated heterocycles. The van der Waals surface area contributed by atoms with E-state index in [1.54, 1.807) is 26.0 Å². The molecule has 20 heavy (non-hydrogen) atoms. The van der Waals surface area contributed by atoms with Gasteiger partial charge in [0.15, 0.2) is 11.5 Å². The van der Waals surface area contributed by atoms with Crippen molar-refractivity contribution in [3.63, 3.8) is 0 Å². The van der Waals surface area contributed by atoms with Gasteiger partial charge in [0, 0.05) is 11.5 Å². The summed E-state index contributed by atoms with van der Waals surface area (Å²) < 4.78 is 15.5. The second kappa shape index (κ2) is 4.56. The van der Waals surface area contributed by atoms with Crippen LogP contribution >= 0.6 is 0 Å². The second-order valence-electron chi connectivity index (χ2n) is 4.43. The lowest BCUT2D eigenvalue weighted by Crippen LogP contribution is -2.21. The molecular weight excluding hydrogens is 262 g/mol. The lowest BCUT2D eigenvalue weighted by Gasteiger charge is -2.09. The van der Waals surface area contributed by atoms with E-state index in [0.29, 0.717) is 22.6 Å². The Morgan fingerprint density at radius 3 is 2.75 bits per heavy atom. The molecule has 1 aromatic heterocycles. The highest BCUT2D eigenvalue weighted by atomic mass is 16.7. The van der Waals surface area contributed by atoms with E-state index >= 15 is 0 Å². The van der Waals surface area contributed by atoms with Gasteiger partial charge in [-0.2, -0.15) is 0 Å². The quantitative estimate of drug-likeness (QED) is 0.845. The molecular formula is C14H13NO5. The summed E-state index contributed by atoms with van der Waals surface area (Å²) in [6.07, 6.45) is 0. The first-order valence-electron chi connectivity index (χ1n) is 6.25. The van der Waals surface area contributed by atoms with Crippen LogP contribution in [0.3, 0.4) is 0 Å². The van der Waals surface area contributed by atoms with Gasteiger partial charge < -0.3 is 19.2 Å². The Morgan fingerprint density at radius 2 is 2.05 bits per heavy atom. The molecule has 1 aliphatic heterocycles. The highest BCUT2D eigenvalue weighted by molar-refractivity contribution is 5.97. The first kappa shape index (κ1) is 12.5. The van der Waals surface area contributed by atoms with Crippen molar-refractivity contribution < 1.29 is 19.0 Å². The Morgan fingerprint density at radius 1 is 1.35 bits per heavy atom. The summed E-state index contributed by atoms with van der Waals surface area (Å²) >= 11 is 0. The summed E-state index contributed by atoms with van der Waals surface area (Å²) in [5.41, 5.74) is 0.732. The third-order valence-electron chi connectivity index (χ3n) is 3.25. The van der Waals surface area contributed by atoms with E-state index in [9.17, 15) is 9.59 Å². The van der Waals surface area contributed by atoms with E-state index in [1.165, 1.54) is 0 Å². The minimum absolute atomic E-state index is 0.0261. The second-order valence-corrected chi connectivity index (χ2v) is 4.43. The van der Waals surface area contributed by atoms with E-state index in [1.807, 2.05) is 0 Å². The number of aromatic amines is 1. The number of aromatic nitrogens is 1. The summed E-state index contributed by atoms with van der Waals surface area (Å²) in [5, 5.41) is 0.733. The van der Waals surface area contributed by atoms with Crippen LogP contribution < -0.4 is 15.0 Å². The predicted octanol–water partition coefficient (Wildman–Crippen LogP) is 1.74. The summed E-state index contributed by atoms with van der Waals surface area (Å²) in [6, 6.07) is 3.45. The maximum absolute atomic E-state index is 12.0. The van der Waals surface area contributed by atoms with Gasteiger partial charge in [-0.15, -0.1) is 0 Å². The van der Waals surface area contributed by atoms with Crippen molar-refractivity contribution in [3.05, 3.63) is 33.6 Å². The first-order valence-corrected chi connectivity index (χ1v) is 6.25. The summed E-state index contributed by atoms with van der Waals surface area (Å²) in [7, 11) is 0. The fraction of sp³-hybridized carbons (Fsp3) is 0.286. The van der Waals surface area contributed by atoms with Crippen LogP contribution in [0.2, 0.25) is 0 Å². The number of carbonyl (C=O) groups excluding carboxylic acids is 1. The summed E-state index contributed by atoms with van der Waals surface area (Å²) in [4.78, 5) is 26.6. The van der Waals surface area contributed by atoms with Gasteiger partial charge in [0.2, 0.25) is 6.79 Å². The van der Waals surface area contributed by atoms with Crippen molar-refractivity contribution in [2.75, 3.05) is 13.4 Å². The van der Waals surface area contributed by atoms with Crippen LogP contribution in [0.1, 0.15) is 22.8 Å². The fourth-order valence-corrected chi connectivity index (χ4v) is 2.29. The number of H-pyrrole nitrogens is 1. The number of esters is 1. The minimum atomic E-state index is -0.620. The zero-order valence-electron chi connectivity index (χ0n) is 11.1. The molecule has 0 fully saturated rings. The van der Waals surface area contributed by atoms with Crippen LogP contribution in [-0.2, 0) is 4.74 Å². The van der Waals surface area contributed by atoms with Gasteiger partial charge >= 0.3 is 5.97 Å². The van der Waals surface area contributed by atoms with Gasteiger partial charge in [-0.05, 0) is 25.5 Å². The Balaban J connectivity index is 2.26. The predicted molar refractivity (Wildman–Crippen MR) is 71.4 cm³/mol. The van der Waals surface area contributed by atoms with Gasteiger partial charge in [-0.3, -0.25) is 4.79 Å². The Kier molecular flexibility index (Phi) is 2.85. The standard InChI is InChI=1S/C14H13NO5/c1-3-18-14(17)12-7(2)8-4-10-11(20-6-19-10)5-9(8)15-13(12)16/h4-5H,3,6H2,1-2H3,(H,15,16). The smallest absolute Gasteiger partial charge is 0.344 e. The lowest BCUT2D eigenvalue weighted by molar-refractivity contribution is 0.0523. The lowest BCUT2D eigenvalue weighted by atomic mass is 10.0. The number of hydrogen-bond donors (Lipinski definition) is 1. The number of nitrogens with one attached hydrogen (secondary N) is 1. The molecule has 6 heteroatoms. The average molecular weight is 275 g/mol. The van der Waals surface area contributed by atoms with Crippen molar-refractivity contribution >= 4 is 16.9 Å². The number of fused-ring (bicyclic) bond motifs is 2. The summed E-state index contributed by atoms with van der Waals surface area (Å²) in [6.45, 7) is 3.78. The van der Waals surface area contributed by atoms with Gasteiger partial charge in [0.05, 0.1) is 12.1 Å². The maximum atomic E-state index is 12.0. The zero-order chi connectivity index (χ0) is 14.3. The molecule has 0 saturated carbocycles. The van der Waals surface area contributed by atoms with E-state index in [4.69, 9.17) is 14.2 Å². The molecule has 6 nitrogen and oxygen atoms in total. The van der Waals surface area contributed by atoms with E-state index in [0.717, 1.165) is 5.39 Å². The maximum Gasteiger partial charge on any atom is 0.344 e. The monoisotopic (exact) mass is 275 g/mol. The highest BCUT2D eigenvalue weighted by Crippen LogP contribution is 2.36. The van der Waals surface area contributed by atoms with Crippen molar-refractivity contribution in [1.29, 1.82) is 0 Å². The average Bonchev–Trinajstić information content (AvgIpc) is 2.84. The molecule has 104 valence electrons. The van der Waals surface area contributed by atoms with Crippen LogP contribution in [0.15, 0.2) is 16.9 Å². The van der Waals surface area contributed by atoms with E-state index in [2.05, 4.69) is 4.98 Å². The number of hydrogen-bond acceptors (Lipinski definition) is 5. The van der Waals surface area contributed by atoms with Crippen molar-refractivity contribution in [1.82, 2.24) is 4.98 Å². The number of rotatable bonds is 2. The summed E-state index contributed by atoms with van der Waals surface area (Å²) in [5.74, 6) is 0.560. The van der Waals surface area contributed by atoms with Crippen molar-refractivity contribution in [2.45, 2.75) is 13.8 Å². The van der Waals surface area contributed by atoms with Crippen molar-refractivity contribution in [2.24, 2.45) is 0 Å². The molecule has 1 aliphatic rings. The van der Waals surface area contributed by atoms with Crippen LogP contribution in [0.25, 0.3) is 10.9 Å². The molecule has 0 bridgehead atoms. The largest absolute Gasteiger partial charge is 0.462 e. The minimum Gasteiger partial charge on any atom is -0.462 e. The molecule has 0 spiro atoms. The normalized spacial score (nSPS) is 12.7. The van der Waals surface area contributed by atoms with Crippen molar-refractivity contribution in [3.8, 4) is 11.5 Å². The molecule has 0 amide bonds. The molecule has 0 radical (unpaired) electrons. The number of aryl methyl sites for hydroxylation is 1. The third kappa shape index (κ3) is 1.80. The van der Waals surface area contributed by atoms with Crippen LogP contribution in [0.5, 0.6) is 11.5 Å².